The van der Waals surface area contributed by atoms with E-state index in [0.29, 0.717) is 66.3 Å². The normalized spacial score (nSPS) is 16.3. The van der Waals surface area contributed by atoms with E-state index in [1.54, 1.807) is 0 Å². The molecule has 0 atom stereocenters. The summed E-state index contributed by atoms with van der Waals surface area (Å²) in [4.78, 5) is 53.4. The third-order valence-corrected chi connectivity index (χ3v) is 12.4. The van der Waals surface area contributed by atoms with Crippen LogP contribution in [0.4, 0.5) is 10.9 Å². The highest BCUT2D eigenvalue weighted by atomic mass is 32.1. The third-order valence-electron chi connectivity index (χ3n) is 11.4. The summed E-state index contributed by atoms with van der Waals surface area (Å²) in [5, 5.41) is 3.58. The Labute approximate surface area is 343 Å². The van der Waals surface area contributed by atoms with Crippen molar-refractivity contribution in [1.29, 1.82) is 0 Å². The van der Waals surface area contributed by atoms with Gasteiger partial charge in [-0.2, -0.15) is 0 Å². The van der Waals surface area contributed by atoms with Crippen LogP contribution >= 0.6 is 11.3 Å². The van der Waals surface area contributed by atoms with E-state index in [0.717, 1.165) is 77.0 Å². The molecule has 3 aliphatic rings. The van der Waals surface area contributed by atoms with Crippen LogP contribution in [0.25, 0.3) is 21.3 Å². The van der Waals surface area contributed by atoms with Gasteiger partial charge in [-0.15, -0.1) is 0 Å². The molecule has 2 aromatic heterocycles. The van der Waals surface area contributed by atoms with Crippen LogP contribution in [0.1, 0.15) is 84.5 Å². The Morgan fingerprint density at radius 3 is 2.52 bits per heavy atom. The van der Waals surface area contributed by atoms with Gasteiger partial charge in [-0.25, -0.2) is 14.8 Å². The molecule has 8 rings (SSSR count). The summed E-state index contributed by atoms with van der Waals surface area (Å²) in [5.41, 5.74) is 5.80. The van der Waals surface area contributed by atoms with E-state index < -0.39 is 11.6 Å². The fraction of sp³-hybridized carbons (Fsp3) is 0.413. The zero-order valence-corrected chi connectivity index (χ0v) is 34.7. The van der Waals surface area contributed by atoms with Crippen molar-refractivity contribution in [3.8, 4) is 16.9 Å². The molecule has 58 heavy (non-hydrogen) atoms. The fourth-order valence-electron chi connectivity index (χ4n) is 8.83. The summed E-state index contributed by atoms with van der Waals surface area (Å²) in [6.45, 7) is 13.9. The molecule has 0 bridgehead atoms. The molecule has 5 aromatic rings. The number of hydrogen-bond acceptors (Lipinski definition) is 11. The summed E-state index contributed by atoms with van der Waals surface area (Å²) in [7, 11) is 0. The predicted octanol–water partition coefficient (Wildman–Crippen LogP) is 8.48. The van der Waals surface area contributed by atoms with E-state index in [4.69, 9.17) is 19.2 Å². The maximum absolute atomic E-state index is 13.9. The molecule has 3 aromatic carbocycles. The standard InChI is InChI=1S/C46H51N5O6S/c1-6-55-40(52)26-50-27-46(28-50)23-30(24-46)20-22-56-37-15-10-12-32(29(37)2)33-17-18-39(48-41(33)43(54)57-45(3,4)5)51-21-19-31-11-9-13-34(35(31)25-51)42(53)49-44-47-36-14-7-8-16-38(36)58-44/h7-18,30H,6,19-28H2,1-5H3,(H,47,49,53). The number of nitrogens with one attached hydrogen (secondary N) is 1. The first-order chi connectivity index (χ1) is 27.9. The number of fused-ring (bicyclic) bond motifs is 2. The molecule has 0 unspecified atom stereocenters. The Bertz CT molecular complexity index is 2320. The van der Waals surface area contributed by atoms with Crippen molar-refractivity contribution < 1.29 is 28.6 Å². The number of benzene rings is 3. The second kappa shape index (κ2) is 16.1. The maximum Gasteiger partial charge on any atom is 0.358 e. The summed E-state index contributed by atoms with van der Waals surface area (Å²) < 4.78 is 18.4. The van der Waals surface area contributed by atoms with E-state index in [2.05, 4.69) is 26.2 Å². The van der Waals surface area contributed by atoms with Crippen molar-refractivity contribution in [2.75, 3.05) is 49.6 Å². The highest BCUT2D eigenvalue weighted by molar-refractivity contribution is 7.22. The van der Waals surface area contributed by atoms with Gasteiger partial charge in [0.2, 0.25) is 0 Å². The van der Waals surface area contributed by atoms with Gasteiger partial charge in [0.25, 0.3) is 5.91 Å². The number of rotatable bonds is 12. The smallest absolute Gasteiger partial charge is 0.358 e. The van der Waals surface area contributed by atoms with Crippen molar-refractivity contribution in [2.45, 2.75) is 72.4 Å². The molecule has 0 radical (unpaired) electrons. The maximum atomic E-state index is 13.9. The fourth-order valence-corrected chi connectivity index (χ4v) is 9.69. The molecule has 1 aliphatic carbocycles. The van der Waals surface area contributed by atoms with Gasteiger partial charge >= 0.3 is 11.9 Å². The first-order valence-corrected chi connectivity index (χ1v) is 21.1. The summed E-state index contributed by atoms with van der Waals surface area (Å²) >= 11 is 1.45. The number of amides is 1. The van der Waals surface area contributed by atoms with Crippen molar-refractivity contribution in [1.82, 2.24) is 14.9 Å². The van der Waals surface area contributed by atoms with Gasteiger partial charge in [-0.05, 0) is 130 Å². The van der Waals surface area contributed by atoms with E-state index in [-0.39, 0.29) is 17.6 Å². The number of carbonyl (C=O) groups excluding carboxylic acids is 3. The lowest BCUT2D eigenvalue weighted by Gasteiger charge is -2.59. The van der Waals surface area contributed by atoms with E-state index in [1.807, 2.05) is 101 Å². The average molecular weight is 802 g/mol. The zero-order chi connectivity index (χ0) is 40.6. The minimum atomic E-state index is -0.722. The third kappa shape index (κ3) is 8.44. The topological polar surface area (TPSA) is 123 Å². The molecule has 2 fully saturated rings. The number of para-hydroxylation sites is 1. The number of anilines is 2. The Balaban J connectivity index is 0.968. The Morgan fingerprint density at radius 2 is 1.74 bits per heavy atom. The molecule has 11 nitrogen and oxygen atoms in total. The van der Waals surface area contributed by atoms with Crippen LogP contribution in [-0.4, -0.2) is 77.7 Å². The van der Waals surface area contributed by atoms with Crippen molar-refractivity contribution in [3.05, 3.63) is 101 Å². The SMILES string of the molecule is CCOC(=O)CN1CC2(CC(CCOc3cccc(-c4ccc(N5CCc6cccc(C(=O)Nc7nc8ccccc8s7)c6C5)nc4C(=O)OC(C)(C)C)c3C)C2)C1. The van der Waals surface area contributed by atoms with Crippen LogP contribution in [0.5, 0.6) is 5.75 Å². The molecule has 1 amide bonds. The Morgan fingerprint density at radius 1 is 0.948 bits per heavy atom. The number of pyridine rings is 1. The molecule has 12 heteroatoms. The predicted molar refractivity (Wildman–Crippen MR) is 227 cm³/mol. The van der Waals surface area contributed by atoms with Gasteiger partial charge < -0.3 is 19.1 Å². The summed E-state index contributed by atoms with van der Waals surface area (Å²) in [5.74, 6) is 1.17. The minimum Gasteiger partial charge on any atom is -0.493 e. The lowest BCUT2D eigenvalue weighted by Crippen LogP contribution is -2.63. The molecular weight excluding hydrogens is 751 g/mol. The second-order valence-corrected chi connectivity index (χ2v) is 17.9. The number of thiazole rings is 1. The number of likely N-dealkylation sites (tertiary alicyclic amines) is 1. The molecule has 1 N–H and O–H groups in total. The van der Waals surface area contributed by atoms with Crippen molar-refractivity contribution in [3.63, 3.8) is 0 Å². The summed E-state index contributed by atoms with van der Waals surface area (Å²) in [6.07, 6.45) is 4.00. The van der Waals surface area contributed by atoms with E-state index >= 15 is 0 Å². The zero-order valence-electron chi connectivity index (χ0n) is 33.9. The molecule has 4 heterocycles. The van der Waals surface area contributed by atoms with E-state index in [9.17, 15) is 14.4 Å². The van der Waals surface area contributed by atoms with Gasteiger partial charge in [0.1, 0.15) is 17.2 Å². The molecular formula is C46H51N5O6S. The first kappa shape index (κ1) is 39.5. The van der Waals surface area contributed by atoms with Crippen LogP contribution in [0.15, 0.2) is 72.8 Å². The molecule has 1 spiro atoms. The largest absolute Gasteiger partial charge is 0.493 e. The first-order valence-electron chi connectivity index (χ1n) is 20.2. The van der Waals surface area contributed by atoms with Crippen molar-refractivity contribution >= 4 is 50.3 Å². The van der Waals surface area contributed by atoms with Crippen LogP contribution in [0.2, 0.25) is 0 Å². The number of esters is 2. The van der Waals surface area contributed by atoms with Crippen LogP contribution < -0.4 is 15.0 Å². The Hall–Kier alpha value is -5.33. The molecule has 2 aliphatic heterocycles. The number of carbonyl (C=O) groups is 3. The highest BCUT2D eigenvalue weighted by Crippen LogP contribution is 2.53. The molecule has 1 saturated carbocycles. The molecule has 1 saturated heterocycles. The van der Waals surface area contributed by atoms with Gasteiger partial charge in [0.05, 0.1) is 30.0 Å². The molecule has 302 valence electrons. The monoisotopic (exact) mass is 801 g/mol. The number of ether oxygens (including phenoxy) is 3. The van der Waals surface area contributed by atoms with Gasteiger partial charge in [-0.1, -0.05) is 47.7 Å². The van der Waals surface area contributed by atoms with E-state index in [1.165, 1.54) is 11.3 Å². The second-order valence-electron chi connectivity index (χ2n) is 16.9. The lowest BCUT2D eigenvalue weighted by atomic mass is 9.57. The van der Waals surface area contributed by atoms with Gasteiger partial charge in [0, 0.05) is 37.3 Å². The lowest BCUT2D eigenvalue weighted by molar-refractivity contribution is -0.153. The van der Waals surface area contributed by atoms with Crippen LogP contribution in [-0.2, 0) is 27.2 Å². The number of aromatic nitrogens is 2. The van der Waals surface area contributed by atoms with Crippen molar-refractivity contribution in [2.24, 2.45) is 11.3 Å². The minimum absolute atomic E-state index is 0.143. The summed E-state index contributed by atoms with van der Waals surface area (Å²) in [6, 6.07) is 23.5. The number of hydrogen-bond donors (Lipinski definition) is 1. The van der Waals surface area contributed by atoms with Crippen LogP contribution in [0, 0.1) is 18.3 Å². The van der Waals surface area contributed by atoms with Crippen LogP contribution in [0.3, 0.4) is 0 Å². The Kier molecular flexibility index (Phi) is 11.0. The average Bonchev–Trinajstić information content (AvgIpc) is 3.57. The quantitative estimate of drug-likeness (QED) is 0.123. The number of nitrogens with zero attached hydrogens (tertiary/aromatic N) is 4. The van der Waals surface area contributed by atoms with Gasteiger partial charge in [0.15, 0.2) is 10.8 Å². The van der Waals surface area contributed by atoms with Gasteiger partial charge in [-0.3, -0.25) is 19.8 Å². The highest BCUT2D eigenvalue weighted by Gasteiger charge is 2.52.